The summed E-state index contributed by atoms with van der Waals surface area (Å²) in [6, 6.07) is 4.64. The van der Waals surface area contributed by atoms with Crippen LogP contribution in [0.2, 0.25) is 0 Å². The fourth-order valence-electron chi connectivity index (χ4n) is 1.88. The van der Waals surface area contributed by atoms with Gasteiger partial charge in [-0.15, -0.1) is 0 Å². The van der Waals surface area contributed by atoms with Crippen LogP contribution in [0.15, 0.2) is 18.2 Å². The van der Waals surface area contributed by atoms with Crippen LogP contribution in [0.3, 0.4) is 0 Å². The van der Waals surface area contributed by atoms with Crippen LogP contribution in [0.25, 0.3) is 0 Å². The number of sulfonamides is 1. The van der Waals surface area contributed by atoms with Gasteiger partial charge in [0, 0.05) is 18.6 Å². The molecule has 0 fully saturated rings. The number of nitrogens with one attached hydrogen (secondary N) is 2. The molecule has 0 spiro atoms. The van der Waals surface area contributed by atoms with Crippen LogP contribution >= 0.6 is 0 Å². The molecule has 1 rings (SSSR count). The molecule has 0 unspecified atom stereocenters. The average molecular weight is 288 g/mol. The molecule has 0 saturated heterocycles. The van der Waals surface area contributed by atoms with Gasteiger partial charge in [0.1, 0.15) is 5.82 Å². The van der Waals surface area contributed by atoms with Gasteiger partial charge in [0.05, 0.1) is 6.26 Å². The molecule has 1 aromatic rings. The van der Waals surface area contributed by atoms with Gasteiger partial charge in [0.2, 0.25) is 10.0 Å². The molecule has 0 amide bonds. The van der Waals surface area contributed by atoms with Crippen LogP contribution in [0.4, 0.5) is 4.39 Å². The van der Waals surface area contributed by atoms with Crippen molar-refractivity contribution in [3.05, 3.63) is 35.1 Å². The van der Waals surface area contributed by atoms with Crippen molar-refractivity contribution in [2.75, 3.05) is 12.8 Å². The van der Waals surface area contributed by atoms with Crippen molar-refractivity contribution in [3.8, 4) is 0 Å². The van der Waals surface area contributed by atoms with Gasteiger partial charge in [-0.2, -0.15) is 0 Å². The molecule has 2 N–H and O–H groups in total. The van der Waals surface area contributed by atoms with Crippen LogP contribution in [0.1, 0.15) is 25.0 Å². The van der Waals surface area contributed by atoms with Crippen molar-refractivity contribution in [1.29, 1.82) is 0 Å². The maximum Gasteiger partial charge on any atom is 0.209 e. The van der Waals surface area contributed by atoms with Crippen molar-refractivity contribution >= 4 is 10.0 Å². The first-order valence-electron chi connectivity index (χ1n) is 6.04. The van der Waals surface area contributed by atoms with E-state index >= 15 is 0 Å². The second-order valence-corrected chi connectivity index (χ2v) is 7.18. The molecule has 1 aromatic carbocycles. The van der Waals surface area contributed by atoms with E-state index in [1.807, 2.05) is 6.92 Å². The zero-order valence-corrected chi connectivity index (χ0v) is 12.6. The van der Waals surface area contributed by atoms with Gasteiger partial charge in [-0.05, 0) is 44.0 Å². The van der Waals surface area contributed by atoms with Crippen LogP contribution in [-0.2, 0) is 16.6 Å². The van der Waals surface area contributed by atoms with E-state index in [0.29, 0.717) is 13.1 Å². The number of halogens is 1. The van der Waals surface area contributed by atoms with Crippen molar-refractivity contribution in [2.45, 2.75) is 32.9 Å². The fourth-order valence-corrected chi connectivity index (χ4v) is 2.95. The normalized spacial score (nSPS) is 12.7. The molecule has 0 atom stereocenters. The highest BCUT2D eigenvalue weighted by atomic mass is 32.2. The monoisotopic (exact) mass is 288 g/mol. The summed E-state index contributed by atoms with van der Waals surface area (Å²) in [6.45, 7) is 6.45. The van der Waals surface area contributed by atoms with Crippen molar-refractivity contribution in [3.63, 3.8) is 0 Å². The molecule has 108 valence electrons. The molecule has 0 aliphatic heterocycles. The van der Waals surface area contributed by atoms with Gasteiger partial charge in [0.25, 0.3) is 0 Å². The predicted molar refractivity (Wildman–Crippen MR) is 74.9 cm³/mol. The van der Waals surface area contributed by atoms with Gasteiger partial charge in [-0.3, -0.25) is 0 Å². The summed E-state index contributed by atoms with van der Waals surface area (Å²) < 4.78 is 38.0. The molecular weight excluding hydrogens is 267 g/mol. The molecule has 0 aromatic heterocycles. The van der Waals surface area contributed by atoms with Gasteiger partial charge in [-0.25, -0.2) is 17.5 Å². The Balaban J connectivity index is 2.56. The number of rotatable bonds is 6. The smallest absolute Gasteiger partial charge is 0.209 e. The maximum atomic E-state index is 13.1. The highest BCUT2D eigenvalue weighted by molar-refractivity contribution is 7.88. The van der Waals surface area contributed by atoms with Crippen LogP contribution in [0.5, 0.6) is 0 Å². The minimum atomic E-state index is -3.24. The summed E-state index contributed by atoms with van der Waals surface area (Å²) in [5.41, 5.74) is 1.28. The lowest BCUT2D eigenvalue weighted by molar-refractivity contribution is 0.420. The van der Waals surface area contributed by atoms with E-state index in [-0.39, 0.29) is 5.82 Å². The molecule has 0 aliphatic carbocycles. The van der Waals surface area contributed by atoms with E-state index < -0.39 is 15.6 Å². The Hall–Kier alpha value is -0.980. The average Bonchev–Trinajstić information content (AvgIpc) is 2.19. The highest BCUT2D eigenvalue weighted by Crippen LogP contribution is 2.10. The third kappa shape index (κ3) is 6.13. The highest BCUT2D eigenvalue weighted by Gasteiger charge is 2.21. The zero-order valence-electron chi connectivity index (χ0n) is 11.7. The maximum absolute atomic E-state index is 13.1. The van der Waals surface area contributed by atoms with E-state index in [0.717, 1.165) is 17.4 Å². The summed E-state index contributed by atoms with van der Waals surface area (Å²) in [6.07, 6.45) is 1.13. The largest absolute Gasteiger partial charge is 0.311 e. The lowest BCUT2D eigenvalue weighted by atomic mass is 10.1. The Labute approximate surface area is 114 Å². The minimum Gasteiger partial charge on any atom is -0.311 e. The Kier molecular flexibility index (Phi) is 5.06. The number of hydrogen-bond donors (Lipinski definition) is 2. The molecule has 19 heavy (non-hydrogen) atoms. The molecule has 0 radical (unpaired) electrons. The first-order valence-corrected chi connectivity index (χ1v) is 7.93. The summed E-state index contributed by atoms with van der Waals surface area (Å²) in [4.78, 5) is 0. The summed E-state index contributed by atoms with van der Waals surface area (Å²) >= 11 is 0. The fraction of sp³-hybridized carbons (Fsp3) is 0.538. The lowest BCUT2D eigenvalue weighted by Crippen LogP contribution is -2.49. The van der Waals surface area contributed by atoms with Crippen LogP contribution in [0, 0.1) is 12.7 Å². The molecule has 0 saturated carbocycles. The van der Waals surface area contributed by atoms with E-state index in [9.17, 15) is 12.8 Å². The molecule has 0 heterocycles. The van der Waals surface area contributed by atoms with E-state index in [1.165, 1.54) is 12.1 Å². The molecule has 0 bridgehead atoms. The molecule has 0 aliphatic rings. The van der Waals surface area contributed by atoms with E-state index in [2.05, 4.69) is 10.0 Å². The Bertz CT molecular complexity index is 542. The van der Waals surface area contributed by atoms with Gasteiger partial charge < -0.3 is 5.32 Å². The standard InChI is InChI=1S/C13H21FN2O2S/c1-10-5-6-12(14)7-11(10)8-15-9-13(2,3)16-19(4,17)18/h5-7,15-16H,8-9H2,1-4H3. The number of aryl methyl sites for hydroxylation is 1. The third-order valence-electron chi connectivity index (χ3n) is 2.66. The SMILES string of the molecule is Cc1ccc(F)cc1CNCC(C)(C)NS(C)(=O)=O. The second kappa shape index (κ2) is 5.98. The summed E-state index contributed by atoms with van der Waals surface area (Å²) in [7, 11) is -3.24. The van der Waals surface area contributed by atoms with E-state index in [1.54, 1.807) is 19.9 Å². The van der Waals surface area contributed by atoms with Crippen molar-refractivity contribution < 1.29 is 12.8 Å². The molecule has 6 heteroatoms. The first kappa shape index (κ1) is 16.1. The Morgan fingerprint density at radius 1 is 1.32 bits per heavy atom. The first-order chi connectivity index (χ1) is 8.59. The molecular formula is C13H21FN2O2S. The number of hydrogen-bond acceptors (Lipinski definition) is 3. The quantitative estimate of drug-likeness (QED) is 0.835. The Morgan fingerprint density at radius 2 is 1.95 bits per heavy atom. The van der Waals surface area contributed by atoms with Crippen molar-refractivity contribution in [2.24, 2.45) is 0 Å². The minimum absolute atomic E-state index is 0.268. The second-order valence-electron chi connectivity index (χ2n) is 5.43. The van der Waals surface area contributed by atoms with Gasteiger partial charge >= 0.3 is 0 Å². The predicted octanol–water partition coefficient (Wildman–Crippen LogP) is 1.55. The summed E-state index contributed by atoms with van der Waals surface area (Å²) in [5.74, 6) is -0.268. The zero-order chi connectivity index (χ0) is 14.7. The Morgan fingerprint density at radius 3 is 2.53 bits per heavy atom. The van der Waals surface area contributed by atoms with Crippen molar-refractivity contribution in [1.82, 2.24) is 10.0 Å². The van der Waals surface area contributed by atoms with Crippen LogP contribution in [-0.4, -0.2) is 26.8 Å². The summed E-state index contributed by atoms with van der Waals surface area (Å²) in [5, 5.41) is 3.14. The molecule has 4 nitrogen and oxygen atoms in total. The lowest BCUT2D eigenvalue weighted by Gasteiger charge is -2.25. The number of benzene rings is 1. The van der Waals surface area contributed by atoms with Crippen LogP contribution < -0.4 is 10.0 Å². The van der Waals surface area contributed by atoms with Gasteiger partial charge in [0.15, 0.2) is 0 Å². The van der Waals surface area contributed by atoms with E-state index in [4.69, 9.17) is 0 Å². The topological polar surface area (TPSA) is 58.2 Å². The third-order valence-corrected chi connectivity index (χ3v) is 3.58. The van der Waals surface area contributed by atoms with Gasteiger partial charge in [-0.1, -0.05) is 6.07 Å².